The lowest BCUT2D eigenvalue weighted by molar-refractivity contribution is -0.139. The molecule has 3 heterocycles. The van der Waals surface area contributed by atoms with Gasteiger partial charge < -0.3 is 10.1 Å². The molecule has 1 aromatic carbocycles. The number of fused-ring (bicyclic) bond motifs is 1. The van der Waals surface area contributed by atoms with Crippen LogP contribution in [0.1, 0.15) is 33.6 Å². The van der Waals surface area contributed by atoms with Crippen molar-refractivity contribution in [2.45, 2.75) is 19.0 Å². The Bertz CT molecular complexity index is 1710. The Kier molecular flexibility index (Phi) is 7.00. The number of pyridine rings is 3. The van der Waals surface area contributed by atoms with Crippen molar-refractivity contribution in [1.29, 1.82) is 5.26 Å². The van der Waals surface area contributed by atoms with Gasteiger partial charge in [0.1, 0.15) is 23.1 Å². The number of halogens is 4. The van der Waals surface area contributed by atoms with E-state index in [0.29, 0.717) is 29.3 Å². The Balaban J connectivity index is 1.31. The first-order valence-electron chi connectivity index (χ1n) is 11.9. The lowest BCUT2D eigenvalue weighted by Crippen LogP contribution is -2.17. The van der Waals surface area contributed by atoms with Crippen molar-refractivity contribution in [2.75, 3.05) is 12.4 Å². The third-order valence-corrected chi connectivity index (χ3v) is 6.31. The average molecular weight is 545 g/mol. The Morgan fingerprint density at radius 3 is 2.60 bits per heavy atom. The first kappa shape index (κ1) is 26.5. The molecule has 1 aliphatic rings. The summed E-state index contributed by atoms with van der Waals surface area (Å²) in [6.07, 6.45) is 1.67. The maximum absolute atomic E-state index is 15.0. The predicted octanol–water partition coefficient (Wildman–Crippen LogP) is 5.85. The Labute approximate surface area is 225 Å². The number of aromatic nitrogens is 3. The lowest BCUT2D eigenvalue weighted by atomic mass is 10.0. The Morgan fingerprint density at radius 2 is 1.88 bits per heavy atom. The summed E-state index contributed by atoms with van der Waals surface area (Å²) < 4.78 is 59.3. The van der Waals surface area contributed by atoms with Crippen LogP contribution in [0.3, 0.4) is 0 Å². The molecule has 0 radical (unpaired) electrons. The Morgan fingerprint density at radius 1 is 1.05 bits per heavy atom. The van der Waals surface area contributed by atoms with E-state index in [9.17, 15) is 22.4 Å². The number of carbonyl (C=O) groups is 1. The molecule has 3 aromatic heterocycles. The zero-order chi connectivity index (χ0) is 28.4. The average Bonchev–Trinajstić information content (AvgIpc) is 3.37. The van der Waals surface area contributed by atoms with Crippen LogP contribution in [0.15, 0.2) is 61.1 Å². The topological polar surface area (TPSA) is 101 Å². The number of anilines is 1. The molecule has 0 saturated heterocycles. The van der Waals surface area contributed by atoms with E-state index in [-0.39, 0.29) is 11.3 Å². The van der Waals surface area contributed by atoms with Gasteiger partial charge in [-0.15, -0.1) is 0 Å². The summed E-state index contributed by atoms with van der Waals surface area (Å²) in [5.41, 5.74) is 3.86. The molecule has 0 spiro atoms. The number of nitriles is 1. The summed E-state index contributed by atoms with van der Waals surface area (Å²) in [6, 6.07) is 12.5. The molecule has 200 valence electrons. The van der Waals surface area contributed by atoms with Crippen LogP contribution in [0.2, 0.25) is 0 Å². The van der Waals surface area contributed by atoms with E-state index in [2.05, 4.69) is 25.0 Å². The summed E-state index contributed by atoms with van der Waals surface area (Å²) >= 11 is 0. The van der Waals surface area contributed by atoms with Gasteiger partial charge in [0, 0.05) is 24.4 Å². The second-order valence-electron chi connectivity index (χ2n) is 8.96. The van der Waals surface area contributed by atoms with Gasteiger partial charge in [-0.05, 0) is 64.2 Å². The predicted molar refractivity (Wildman–Crippen MR) is 138 cm³/mol. The fourth-order valence-corrected chi connectivity index (χ4v) is 4.37. The van der Waals surface area contributed by atoms with Gasteiger partial charge in [0.15, 0.2) is 0 Å². The molecular formula is C29H19F4N5O2. The van der Waals surface area contributed by atoms with Crippen molar-refractivity contribution in [2.24, 2.45) is 0 Å². The van der Waals surface area contributed by atoms with Crippen LogP contribution in [0.25, 0.3) is 22.8 Å². The minimum atomic E-state index is -4.73. The third-order valence-electron chi connectivity index (χ3n) is 6.31. The van der Waals surface area contributed by atoms with E-state index >= 15 is 0 Å². The van der Waals surface area contributed by atoms with Gasteiger partial charge in [-0.3, -0.25) is 9.78 Å². The second-order valence-corrected chi connectivity index (χ2v) is 8.96. The lowest BCUT2D eigenvalue weighted by Gasteiger charge is -2.13. The second kappa shape index (κ2) is 10.6. The van der Waals surface area contributed by atoms with E-state index in [0.717, 1.165) is 35.7 Å². The van der Waals surface area contributed by atoms with Crippen molar-refractivity contribution >= 4 is 23.2 Å². The minimum Gasteiger partial charge on any atom is -0.481 e. The summed E-state index contributed by atoms with van der Waals surface area (Å²) in [7, 11) is 1.06. The zero-order valence-corrected chi connectivity index (χ0v) is 20.9. The first-order valence-corrected chi connectivity index (χ1v) is 11.9. The van der Waals surface area contributed by atoms with Crippen molar-refractivity contribution in [1.82, 2.24) is 15.0 Å². The molecule has 0 bridgehead atoms. The summed E-state index contributed by atoms with van der Waals surface area (Å²) in [6.45, 7) is 0. The molecule has 4 aromatic rings. The smallest absolute Gasteiger partial charge is 0.421 e. The number of hydrogen-bond acceptors (Lipinski definition) is 6. The van der Waals surface area contributed by atoms with Gasteiger partial charge in [0.2, 0.25) is 11.8 Å². The minimum absolute atomic E-state index is 0.0704. The molecule has 0 unspecified atom stereocenters. The number of amides is 1. The highest BCUT2D eigenvalue weighted by Gasteiger charge is 2.35. The molecule has 1 N–H and O–H groups in total. The number of benzene rings is 1. The molecule has 40 heavy (non-hydrogen) atoms. The van der Waals surface area contributed by atoms with Crippen LogP contribution in [0, 0.1) is 17.1 Å². The third kappa shape index (κ3) is 5.51. The van der Waals surface area contributed by atoms with Gasteiger partial charge in [-0.25, -0.2) is 14.4 Å². The number of alkyl halides is 3. The van der Waals surface area contributed by atoms with Crippen LogP contribution in [-0.4, -0.2) is 28.0 Å². The molecule has 7 nitrogen and oxygen atoms in total. The van der Waals surface area contributed by atoms with Crippen LogP contribution in [0.5, 0.6) is 5.88 Å². The zero-order valence-electron chi connectivity index (χ0n) is 20.9. The highest BCUT2D eigenvalue weighted by molar-refractivity contribution is 5.92. The molecule has 5 rings (SSSR count). The van der Waals surface area contributed by atoms with Crippen LogP contribution < -0.4 is 10.1 Å². The molecule has 0 atom stereocenters. The van der Waals surface area contributed by atoms with Crippen molar-refractivity contribution < 1.29 is 27.1 Å². The number of allylic oxidation sites excluding steroid dienone is 1. The summed E-state index contributed by atoms with van der Waals surface area (Å²) in [5, 5.41) is 11.4. The van der Waals surface area contributed by atoms with E-state index in [1.807, 2.05) is 24.3 Å². The molecule has 0 saturated carbocycles. The Hall–Kier alpha value is -5.11. The number of nitrogens with zero attached hydrogens (tertiary/aromatic N) is 4. The first-order chi connectivity index (χ1) is 19.1. The van der Waals surface area contributed by atoms with E-state index in [1.165, 1.54) is 12.1 Å². The standard InChI is InChI=1S/C29H19F4N5O2/c1-40-28-24(29(31,32)33)12-23(15-37-28)38-27(39)11-18-3-2-16(9-25(18)30)21-7-20-6-19(10-26(20)36-14-21)17-4-5-35-22(8-17)13-34/h2-9,12,14-15H,10-11H2,1H3,(H,38,39). The largest absolute Gasteiger partial charge is 0.481 e. The number of methoxy groups -OCH3 is 1. The highest BCUT2D eigenvalue weighted by Crippen LogP contribution is 2.36. The highest BCUT2D eigenvalue weighted by atomic mass is 19.4. The van der Waals surface area contributed by atoms with E-state index < -0.39 is 35.8 Å². The monoisotopic (exact) mass is 545 g/mol. The van der Waals surface area contributed by atoms with Gasteiger partial charge in [0.05, 0.1) is 31.1 Å². The van der Waals surface area contributed by atoms with E-state index in [1.54, 1.807) is 24.5 Å². The summed E-state index contributed by atoms with van der Waals surface area (Å²) in [4.78, 5) is 24.6. The quantitative estimate of drug-likeness (QED) is 0.305. The van der Waals surface area contributed by atoms with Crippen LogP contribution in [-0.2, 0) is 23.8 Å². The SMILES string of the molecule is COc1ncc(NC(=O)Cc2ccc(-c3cnc4c(c3)C=C(c3ccnc(C#N)c3)C4)cc2F)cc1C(F)(F)F. The van der Waals surface area contributed by atoms with Crippen molar-refractivity contribution in [3.63, 3.8) is 0 Å². The number of ether oxygens (including phenoxy) is 1. The normalized spacial score (nSPS) is 12.3. The van der Waals surface area contributed by atoms with Crippen molar-refractivity contribution in [3.05, 3.63) is 101 Å². The van der Waals surface area contributed by atoms with Gasteiger partial charge in [0.25, 0.3) is 0 Å². The number of rotatable bonds is 6. The van der Waals surface area contributed by atoms with Crippen LogP contribution >= 0.6 is 0 Å². The molecule has 0 fully saturated rings. The van der Waals surface area contributed by atoms with Gasteiger partial charge in [-0.1, -0.05) is 12.1 Å². The van der Waals surface area contributed by atoms with Gasteiger partial charge >= 0.3 is 6.18 Å². The molecule has 1 amide bonds. The fourth-order valence-electron chi connectivity index (χ4n) is 4.37. The molecular weight excluding hydrogens is 526 g/mol. The van der Waals surface area contributed by atoms with Gasteiger partial charge in [-0.2, -0.15) is 18.4 Å². The molecule has 11 heteroatoms. The summed E-state index contributed by atoms with van der Waals surface area (Å²) in [5.74, 6) is -1.97. The maximum Gasteiger partial charge on any atom is 0.421 e. The molecule has 0 aliphatic heterocycles. The van der Waals surface area contributed by atoms with Crippen LogP contribution in [0.4, 0.5) is 23.2 Å². The number of nitrogens with one attached hydrogen (secondary N) is 1. The number of carbonyl (C=O) groups excluding carboxylic acids is 1. The van der Waals surface area contributed by atoms with Crippen molar-refractivity contribution in [3.8, 4) is 23.1 Å². The van der Waals surface area contributed by atoms with E-state index in [4.69, 9.17) is 5.26 Å². The number of hydrogen-bond donors (Lipinski definition) is 1. The maximum atomic E-state index is 15.0. The fraction of sp³-hybridized carbons (Fsp3) is 0.138. The molecule has 1 aliphatic carbocycles.